The van der Waals surface area contributed by atoms with Crippen LogP contribution in [0.2, 0.25) is 0 Å². The van der Waals surface area contributed by atoms with Gasteiger partial charge in [0.15, 0.2) is 0 Å². The number of thiophene rings is 1. The molecule has 0 fully saturated rings. The van der Waals surface area contributed by atoms with Crippen LogP contribution in [-0.2, 0) is 11.4 Å². The van der Waals surface area contributed by atoms with Gasteiger partial charge in [0, 0.05) is 18.1 Å². The standard InChI is InChI=1S/C24H26O5S/c1-16-5-3-4-6-20(16)22(9-10-24(26)27)29-23-13-19(7-8-21(23)17(2)25)28-14-18-11-12-30-15-18/h3-8,11-13,15,17,22,25H,9-10,14H2,1-2H3,(H,26,27). The maximum absolute atomic E-state index is 11.2. The highest BCUT2D eigenvalue weighted by atomic mass is 32.1. The number of hydrogen-bond acceptors (Lipinski definition) is 5. The van der Waals surface area contributed by atoms with Crippen LogP contribution in [0.3, 0.4) is 0 Å². The van der Waals surface area contributed by atoms with Crippen molar-refractivity contribution in [2.45, 2.75) is 45.5 Å². The topological polar surface area (TPSA) is 76.0 Å². The number of aryl methyl sites for hydroxylation is 1. The molecule has 2 N–H and O–H groups in total. The van der Waals surface area contributed by atoms with Gasteiger partial charge in [-0.3, -0.25) is 4.79 Å². The molecule has 1 aromatic heterocycles. The second-order valence-electron chi connectivity index (χ2n) is 7.19. The number of aliphatic carboxylic acids is 1. The predicted molar refractivity (Wildman–Crippen MR) is 117 cm³/mol. The van der Waals surface area contributed by atoms with Gasteiger partial charge >= 0.3 is 5.97 Å². The average molecular weight is 427 g/mol. The number of rotatable bonds is 10. The van der Waals surface area contributed by atoms with Crippen LogP contribution < -0.4 is 9.47 Å². The maximum atomic E-state index is 11.2. The number of carbonyl (C=O) groups is 1. The molecule has 2 atom stereocenters. The molecule has 0 saturated heterocycles. The minimum absolute atomic E-state index is 0.0165. The zero-order valence-electron chi connectivity index (χ0n) is 17.1. The first kappa shape index (κ1) is 21.9. The molecule has 3 aromatic rings. The second-order valence-corrected chi connectivity index (χ2v) is 7.97. The number of hydrogen-bond donors (Lipinski definition) is 2. The minimum atomic E-state index is -0.874. The van der Waals surface area contributed by atoms with Crippen LogP contribution in [0.1, 0.15) is 54.2 Å². The first-order valence-electron chi connectivity index (χ1n) is 9.84. The molecule has 1 heterocycles. The summed E-state index contributed by atoms with van der Waals surface area (Å²) >= 11 is 1.61. The van der Waals surface area contributed by atoms with E-state index >= 15 is 0 Å². The van der Waals surface area contributed by atoms with Gasteiger partial charge < -0.3 is 19.7 Å². The molecule has 5 nitrogen and oxygen atoms in total. The molecule has 0 amide bonds. The van der Waals surface area contributed by atoms with Crippen molar-refractivity contribution in [1.82, 2.24) is 0 Å². The Balaban J connectivity index is 1.88. The van der Waals surface area contributed by atoms with Gasteiger partial charge in [-0.2, -0.15) is 11.3 Å². The molecule has 0 saturated carbocycles. The van der Waals surface area contributed by atoms with E-state index in [0.29, 0.717) is 30.1 Å². The Hall–Kier alpha value is -2.83. The van der Waals surface area contributed by atoms with Crippen molar-refractivity contribution < 1.29 is 24.5 Å². The lowest BCUT2D eigenvalue weighted by atomic mass is 9.99. The highest BCUT2D eigenvalue weighted by molar-refractivity contribution is 7.07. The van der Waals surface area contributed by atoms with E-state index in [1.165, 1.54) is 0 Å². The van der Waals surface area contributed by atoms with Crippen molar-refractivity contribution in [2.75, 3.05) is 0 Å². The molecule has 0 radical (unpaired) electrons. The van der Waals surface area contributed by atoms with E-state index in [0.717, 1.165) is 16.7 Å². The lowest BCUT2D eigenvalue weighted by molar-refractivity contribution is -0.137. The van der Waals surface area contributed by atoms with Crippen molar-refractivity contribution in [3.63, 3.8) is 0 Å². The van der Waals surface area contributed by atoms with Crippen molar-refractivity contribution in [2.24, 2.45) is 0 Å². The highest BCUT2D eigenvalue weighted by Gasteiger charge is 2.20. The fourth-order valence-electron chi connectivity index (χ4n) is 3.23. The first-order chi connectivity index (χ1) is 14.4. The van der Waals surface area contributed by atoms with E-state index < -0.39 is 18.2 Å². The molecule has 158 valence electrons. The third-order valence-electron chi connectivity index (χ3n) is 4.85. The van der Waals surface area contributed by atoms with Gasteiger partial charge in [-0.15, -0.1) is 0 Å². The Kier molecular flexibility index (Phi) is 7.49. The molecule has 2 aromatic carbocycles. The number of aliphatic hydroxyl groups excluding tert-OH is 1. The number of carboxylic acid groups (broad SMARTS) is 1. The van der Waals surface area contributed by atoms with Gasteiger partial charge in [-0.25, -0.2) is 0 Å². The summed E-state index contributed by atoms with van der Waals surface area (Å²) in [6.45, 7) is 4.09. The summed E-state index contributed by atoms with van der Waals surface area (Å²) in [7, 11) is 0. The van der Waals surface area contributed by atoms with Crippen LogP contribution in [0, 0.1) is 6.92 Å². The van der Waals surface area contributed by atoms with Gasteiger partial charge in [-0.05, 0) is 65.9 Å². The molecule has 2 unspecified atom stereocenters. The van der Waals surface area contributed by atoms with E-state index in [9.17, 15) is 15.0 Å². The predicted octanol–water partition coefficient (Wildman–Crippen LogP) is 5.67. The lowest BCUT2D eigenvalue weighted by Gasteiger charge is -2.24. The number of aliphatic hydroxyl groups is 1. The Bertz CT molecular complexity index is 965. The molecule has 0 spiro atoms. The van der Waals surface area contributed by atoms with Crippen molar-refractivity contribution in [1.29, 1.82) is 0 Å². The molecule has 30 heavy (non-hydrogen) atoms. The van der Waals surface area contributed by atoms with Crippen molar-refractivity contribution in [3.8, 4) is 11.5 Å². The molecular formula is C24H26O5S. The Morgan fingerprint density at radius 2 is 1.93 bits per heavy atom. The number of carboxylic acids is 1. The first-order valence-corrected chi connectivity index (χ1v) is 10.8. The smallest absolute Gasteiger partial charge is 0.303 e. The van der Waals surface area contributed by atoms with Crippen molar-refractivity contribution >= 4 is 17.3 Å². The van der Waals surface area contributed by atoms with E-state index in [-0.39, 0.29) is 6.42 Å². The van der Waals surface area contributed by atoms with Crippen LogP contribution in [0.4, 0.5) is 0 Å². The van der Waals surface area contributed by atoms with Gasteiger partial charge in [0.1, 0.15) is 24.2 Å². The van der Waals surface area contributed by atoms with Gasteiger partial charge in [0.25, 0.3) is 0 Å². The summed E-state index contributed by atoms with van der Waals surface area (Å²) < 4.78 is 12.2. The number of ether oxygens (including phenoxy) is 2. The summed E-state index contributed by atoms with van der Waals surface area (Å²) in [6, 6.07) is 15.1. The zero-order chi connectivity index (χ0) is 21.5. The molecule has 0 aliphatic heterocycles. The summed E-state index contributed by atoms with van der Waals surface area (Å²) in [6.07, 6.45) is -0.883. The SMILES string of the molecule is Cc1ccccc1C(CCC(=O)O)Oc1cc(OCc2ccsc2)ccc1C(C)O. The van der Waals surface area contributed by atoms with Crippen LogP contribution >= 0.6 is 11.3 Å². The molecule has 0 aliphatic carbocycles. The second kappa shape index (κ2) is 10.3. The van der Waals surface area contributed by atoms with Gasteiger partial charge in [-0.1, -0.05) is 24.3 Å². The van der Waals surface area contributed by atoms with Gasteiger partial charge in [0.05, 0.1) is 6.10 Å². The van der Waals surface area contributed by atoms with Gasteiger partial charge in [0.2, 0.25) is 0 Å². The fourth-order valence-corrected chi connectivity index (χ4v) is 3.88. The third kappa shape index (κ3) is 5.84. The molecule has 0 bridgehead atoms. The minimum Gasteiger partial charge on any atom is -0.489 e. The van der Waals surface area contributed by atoms with E-state index in [1.807, 2.05) is 48.0 Å². The van der Waals surface area contributed by atoms with E-state index in [1.54, 1.807) is 36.5 Å². The summed E-state index contributed by atoms with van der Waals surface area (Å²) in [4.78, 5) is 11.2. The summed E-state index contributed by atoms with van der Waals surface area (Å²) in [5, 5.41) is 23.4. The molecule has 6 heteroatoms. The average Bonchev–Trinajstić information content (AvgIpc) is 3.23. The Morgan fingerprint density at radius 3 is 2.60 bits per heavy atom. The third-order valence-corrected chi connectivity index (χ3v) is 5.58. The monoisotopic (exact) mass is 426 g/mol. The molecule has 3 rings (SSSR count). The normalized spacial score (nSPS) is 12.9. The van der Waals surface area contributed by atoms with E-state index in [2.05, 4.69) is 0 Å². The zero-order valence-corrected chi connectivity index (χ0v) is 17.9. The van der Waals surface area contributed by atoms with Crippen LogP contribution in [0.25, 0.3) is 0 Å². The number of benzene rings is 2. The van der Waals surface area contributed by atoms with E-state index in [4.69, 9.17) is 9.47 Å². The van der Waals surface area contributed by atoms with Crippen molar-refractivity contribution in [3.05, 3.63) is 81.5 Å². The largest absolute Gasteiger partial charge is 0.489 e. The summed E-state index contributed by atoms with van der Waals surface area (Å²) in [5.74, 6) is 0.245. The molecular weight excluding hydrogens is 400 g/mol. The lowest BCUT2D eigenvalue weighted by Crippen LogP contribution is -2.13. The Morgan fingerprint density at radius 1 is 1.13 bits per heavy atom. The van der Waals surface area contributed by atoms with Crippen LogP contribution in [0.15, 0.2) is 59.3 Å². The fraction of sp³-hybridized carbons (Fsp3) is 0.292. The van der Waals surface area contributed by atoms with Crippen LogP contribution in [0.5, 0.6) is 11.5 Å². The Labute approximate surface area is 180 Å². The summed E-state index contributed by atoms with van der Waals surface area (Å²) in [5.41, 5.74) is 3.67. The quantitative estimate of drug-likeness (QED) is 0.437. The van der Waals surface area contributed by atoms with Crippen LogP contribution in [-0.4, -0.2) is 16.2 Å². The highest BCUT2D eigenvalue weighted by Crippen LogP contribution is 2.35. The maximum Gasteiger partial charge on any atom is 0.303 e. The molecule has 0 aliphatic rings.